The zero-order valence-corrected chi connectivity index (χ0v) is 23.8. The summed E-state index contributed by atoms with van der Waals surface area (Å²) >= 11 is 0.149. The fourth-order valence-corrected chi connectivity index (χ4v) is 6.72. The summed E-state index contributed by atoms with van der Waals surface area (Å²) in [5, 5.41) is 24.5. The summed E-state index contributed by atoms with van der Waals surface area (Å²) < 4.78 is 3.25. The van der Waals surface area contributed by atoms with Gasteiger partial charge in [-0.25, -0.2) is 9.59 Å². The molecule has 0 atom stereocenters. The van der Waals surface area contributed by atoms with Gasteiger partial charge in [0.15, 0.2) is 0 Å². The summed E-state index contributed by atoms with van der Waals surface area (Å²) in [5.41, 5.74) is -0.178. The molecule has 0 saturated carbocycles. The number of hydrogen-bond acceptors (Lipinski definition) is 3. The van der Waals surface area contributed by atoms with E-state index in [2.05, 4.69) is 20.8 Å². The number of hydrogen-bond donors (Lipinski definition) is 3. The van der Waals surface area contributed by atoms with Crippen molar-refractivity contribution in [2.45, 2.75) is 126 Å². The monoisotopic (exact) mass is 564 g/mol. The van der Waals surface area contributed by atoms with Crippen molar-refractivity contribution in [1.29, 1.82) is 0 Å². The molecule has 0 aromatic heterocycles. The van der Waals surface area contributed by atoms with E-state index in [1.165, 1.54) is 77.6 Å². The molecule has 7 heteroatoms. The maximum atomic E-state index is 10.2. The SMILES string of the molecule is CC(=CC(=O)O)C(=O)O.CCCCCCCCCCCC(=O)O.CCC[CH2][Sn][CH2]CCC. The molecule has 0 spiro atoms. The van der Waals surface area contributed by atoms with Crippen molar-refractivity contribution in [3.8, 4) is 0 Å². The van der Waals surface area contributed by atoms with E-state index in [-0.39, 0.29) is 26.7 Å². The number of carboxylic acid groups (broad SMARTS) is 3. The van der Waals surface area contributed by atoms with Crippen molar-refractivity contribution in [3.05, 3.63) is 11.6 Å². The van der Waals surface area contributed by atoms with Crippen LogP contribution < -0.4 is 0 Å². The first kappa shape index (κ1) is 35.5. The molecule has 0 unspecified atom stereocenters. The third kappa shape index (κ3) is 39.4. The van der Waals surface area contributed by atoms with Crippen molar-refractivity contribution in [2.24, 2.45) is 0 Å². The second-order valence-electron chi connectivity index (χ2n) is 7.90. The quantitative estimate of drug-likeness (QED) is 0.0923. The Kier molecular flexibility index (Phi) is 33.3. The molecule has 3 N–H and O–H groups in total. The summed E-state index contributed by atoms with van der Waals surface area (Å²) in [6.45, 7) is 8.03. The molecule has 0 aliphatic heterocycles. The van der Waals surface area contributed by atoms with E-state index in [0.29, 0.717) is 12.5 Å². The zero-order valence-electron chi connectivity index (χ0n) is 21.0. The Bertz CT molecular complexity index is 471. The van der Waals surface area contributed by atoms with Gasteiger partial charge in [-0.3, -0.25) is 4.79 Å². The second kappa shape index (κ2) is 29.9. The normalized spacial score (nSPS) is 10.4. The third-order valence-corrected chi connectivity index (χ3v) is 8.62. The fraction of sp³-hybridized carbons (Fsp3) is 0.800. The average Bonchev–Trinajstić information content (AvgIpc) is 2.73. The van der Waals surface area contributed by atoms with Gasteiger partial charge in [0.25, 0.3) is 0 Å². The molecule has 0 fully saturated rings. The summed E-state index contributed by atoms with van der Waals surface area (Å²) in [5.74, 6) is -3.11. The molecule has 2 radical (unpaired) electrons. The Morgan fingerprint density at radius 3 is 1.38 bits per heavy atom. The maximum absolute atomic E-state index is 10.2. The summed E-state index contributed by atoms with van der Waals surface area (Å²) in [4.78, 5) is 29.9. The van der Waals surface area contributed by atoms with Gasteiger partial charge in [-0.2, -0.15) is 0 Å². The van der Waals surface area contributed by atoms with E-state index in [1.807, 2.05) is 0 Å². The Hall–Kier alpha value is -1.05. The zero-order chi connectivity index (χ0) is 25.0. The molecule has 0 aromatic carbocycles. The first-order valence-electron chi connectivity index (χ1n) is 12.3. The molecule has 0 aliphatic rings. The van der Waals surface area contributed by atoms with Crippen LogP contribution in [0.5, 0.6) is 0 Å². The molecular formula is C25H48O6Sn. The van der Waals surface area contributed by atoms with Gasteiger partial charge in [0.05, 0.1) is 0 Å². The van der Waals surface area contributed by atoms with Crippen molar-refractivity contribution in [3.63, 3.8) is 0 Å². The molecule has 0 rings (SSSR count). The first-order valence-corrected chi connectivity index (χ1v) is 16.3. The third-order valence-electron chi connectivity index (χ3n) is 4.59. The van der Waals surface area contributed by atoms with Gasteiger partial charge in [0, 0.05) is 18.1 Å². The van der Waals surface area contributed by atoms with Crippen LogP contribution in [0.15, 0.2) is 11.6 Å². The number of rotatable bonds is 18. The van der Waals surface area contributed by atoms with Crippen LogP contribution in [-0.2, 0) is 14.4 Å². The van der Waals surface area contributed by atoms with E-state index < -0.39 is 17.9 Å². The molecule has 6 nitrogen and oxygen atoms in total. The standard InChI is InChI=1S/C12H24O2.C5H6O4.2C4H9.Sn/c1-2-3-4-5-6-7-8-9-10-11-12(13)14;1-3(5(8)9)2-4(6)7;2*1-3-4-2;/h2-11H2,1H3,(H,13,14);2H,1H3,(H,6,7)(H,8,9);2*1,3-4H2,2H3;. The van der Waals surface area contributed by atoms with E-state index in [1.54, 1.807) is 8.87 Å². The predicted molar refractivity (Wildman–Crippen MR) is 134 cm³/mol. The molecule has 0 aliphatic carbocycles. The Morgan fingerprint density at radius 2 is 1.06 bits per heavy atom. The Balaban J connectivity index is -0.000000411. The number of carboxylic acids is 3. The molecule has 0 saturated heterocycles. The van der Waals surface area contributed by atoms with Crippen molar-refractivity contribution in [1.82, 2.24) is 0 Å². The van der Waals surface area contributed by atoms with Gasteiger partial charge in [0.1, 0.15) is 0 Å². The van der Waals surface area contributed by atoms with E-state index >= 15 is 0 Å². The minimum absolute atomic E-state index is 0.149. The summed E-state index contributed by atoms with van der Waals surface area (Å²) in [6.07, 6.45) is 18.0. The van der Waals surface area contributed by atoms with Crippen LogP contribution in [0.4, 0.5) is 0 Å². The van der Waals surface area contributed by atoms with Gasteiger partial charge >= 0.3 is 87.5 Å². The van der Waals surface area contributed by atoms with Gasteiger partial charge in [-0.15, -0.1) is 0 Å². The van der Waals surface area contributed by atoms with E-state index in [4.69, 9.17) is 15.3 Å². The van der Waals surface area contributed by atoms with Gasteiger partial charge < -0.3 is 15.3 Å². The summed E-state index contributed by atoms with van der Waals surface area (Å²) in [7, 11) is 0. The Labute approximate surface area is 206 Å². The molecule has 0 amide bonds. The molecule has 0 heterocycles. The van der Waals surface area contributed by atoms with Crippen molar-refractivity contribution >= 4 is 39.1 Å². The fourth-order valence-electron chi connectivity index (χ4n) is 2.56. The van der Waals surface area contributed by atoms with Gasteiger partial charge in [-0.05, 0) is 13.3 Å². The van der Waals surface area contributed by atoms with Gasteiger partial charge in [-0.1, -0.05) is 58.3 Å². The first-order chi connectivity index (χ1) is 15.2. The topological polar surface area (TPSA) is 112 Å². The summed E-state index contributed by atoms with van der Waals surface area (Å²) in [6, 6.07) is 0. The van der Waals surface area contributed by atoms with Crippen molar-refractivity contribution in [2.75, 3.05) is 0 Å². The van der Waals surface area contributed by atoms with Crippen LogP contribution in [0.1, 0.15) is 118 Å². The number of aliphatic carboxylic acids is 3. The van der Waals surface area contributed by atoms with Crippen LogP contribution in [0, 0.1) is 0 Å². The van der Waals surface area contributed by atoms with Crippen LogP contribution >= 0.6 is 0 Å². The molecular weight excluding hydrogens is 515 g/mol. The van der Waals surface area contributed by atoms with Crippen LogP contribution in [0.25, 0.3) is 0 Å². The van der Waals surface area contributed by atoms with Crippen LogP contribution in [-0.4, -0.2) is 54.4 Å². The Morgan fingerprint density at radius 1 is 0.656 bits per heavy atom. The molecule has 0 bridgehead atoms. The predicted octanol–water partition coefficient (Wildman–Crippen LogP) is 7.22. The van der Waals surface area contributed by atoms with E-state index in [0.717, 1.165) is 12.8 Å². The molecule has 0 aromatic rings. The number of carbonyl (C=O) groups is 3. The minimum atomic E-state index is -1.24. The van der Waals surface area contributed by atoms with Crippen LogP contribution in [0.2, 0.25) is 8.87 Å². The molecule has 188 valence electrons. The molecule has 32 heavy (non-hydrogen) atoms. The average molecular weight is 563 g/mol. The van der Waals surface area contributed by atoms with Gasteiger partial charge in [0.2, 0.25) is 0 Å². The van der Waals surface area contributed by atoms with E-state index in [9.17, 15) is 14.4 Å². The number of unbranched alkanes of at least 4 members (excludes halogenated alkanes) is 10. The van der Waals surface area contributed by atoms with Crippen LogP contribution in [0.3, 0.4) is 0 Å². The van der Waals surface area contributed by atoms with Crippen molar-refractivity contribution < 1.29 is 29.7 Å². The second-order valence-corrected chi connectivity index (χ2v) is 12.2.